The van der Waals surface area contributed by atoms with Crippen molar-refractivity contribution in [2.24, 2.45) is 4.99 Å². The zero-order chi connectivity index (χ0) is 16.1. The molecule has 24 heavy (non-hydrogen) atoms. The van der Waals surface area contributed by atoms with E-state index < -0.39 is 0 Å². The zero-order valence-electron chi connectivity index (χ0n) is 13.5. The average Bonchev–Trinajstić information content (AvgIpc) is 3.18. The van der Waals surface area contributed by atoms with E-state index in [0.717, 1.165) is 46.2 Å². The molecule has 0 radical (unpaired) electrons. The molecule has 1 fully saturated rings. The molecule has 0 amide bonds. The van der Waals surface area contributed by atoms with Crippen molar-refractivity contribution >= 4 is 22.5 Å². The van der Waals surface area contributed by atoms with Gasteiger partial charge in [-0.3, -0.25) is 4.99 Å². The maximum absolute atomic E-state index is 4.85. The summed E-state index contributed by atoms with van der Waals surface area (Å²) in [5.41, 5.74) is 3.18. The van der Waals surface area contributed by atoms with Gasteiger partial charge in [-0.2, -0.15) is 0 Å². The number of rotatable bonds is 3. The molecule has 5 rings (SSSR count). The molecule has 1 aliphatic heterocycles. The van der Waals surface area contributed by atoms with Crippen LogP contribution in [0.1, 0.15) is 26.2 Å². The first-order valence-corrected chi connectivity index (χ1v) is 8.36. The molecule has 0 unspecified atom stereocenters. The fourth-order valence-electron chi connectivity index (χ4n) is 3.16. The molecule has 1 aliphatic carbocycles. The molecular weight excluding hydrogens is 300 g/mol. The maximum atomic E-state index is 4.85. The van der Waals surface area contributed by atoms with Gasteiger partial charge in [0.15, 0.2) is 0 Å². The monoisotopic (exact) mass is 318 g/mol. The van der Waals surface area contributed by atoms with Crippen molar-refractivity contribution in [3.8, 4) is 0 Å². The van der Waals surface area contributed by atoms with Crippen molar-refractivity contribution in [2.45, 2.75) is 31.7 Å². The summed E-state index contributed by atoms with van der Waals surface area (Å²) in [6.07, 6.45) is 3.20. The Labute approximate surface area is 138 Å². The largest absolute Gasteiger partial charge is 0.365 e. The molecule has 0 saturated heterocycles. The third-order valence-electron chi connectivity index (χ3n) is 4.82. The first-order chi connectivity index (χ1) is 11.7. The summed E-state index contributed by atoms with van der Waals surface area (Å²) >= 11 is 0. The zero-order valence-corrected chi connectivity index (χ0v) is 13.5. The number of aromatic nitrogens is 4. The molecule has 120 valence electrons. The van der Waals surface area contributed by atoms with Crippen molar-refractivity contribution in [1.82, 2.24) is 20.0 Å². The number of fused-ring (bicyclic) bond motifs is 2. The lowest BCUT2D eigenvalue weighted by molar-refractivity contribution is 0.768. The second-order valence-corrected chi connectivity index (χ2v) is 6.82. The van der Waals surface area contributed by atoms with Crippen LogP contribution in [0.2, 0.25) is 0 Å². The van der Waals surface area contributed by atoms with Crippen molar-refractivity contribution in [3.63, 3.8) is 0 Å². The quantitative estimate of drug-likeness (QED) is 0.794. The standard InChI is InChI=1S/C18H18N6/c1-18(9-10-18)21-16-7-6-13-17(20-16)15(8-11-19-13)24-14-5-3-2-4-12(14)22-23-24/h2-7H,8-11H2,1H3,(H,20,21). The highest BCUT2D eigenvalue weighted by Crippen LogP contribution is 2.37. The van der Waals surface area contributed by atoms with Crippen molar-refractivity contribution in [3.05, 3.63) is 47.1 Å². The highest BCUT2D eigenvalue weighted by atomic mass is 15.4. The van der Waals surface area contributed by atoms with Gasteiger partial charge >= 0.3 is 0 Å². The lowest BCUT2D eigenvalue weighted by Crippen LogP contribution is -2.37. The van der Waals surface area contributed by atoms with E-state index in [-0.39, 0.29) is 5.54 Å². The number of nitrogens with zero attached hydrogens (tertiary/aromatic N) is 5. The third kappa shape index (κ3) is 2.18. The number of hydrogen-bond donors (Lipinski definition) is 1. The topological polar surface area (TPSA) is 68.0 Å². The number of pyridine rings is 1. The number of hydrogen-bond acceptors (Lipinski definition) is 5. The van der Waals surface area contributed by atoms with Crippen LogP contribution in [0.4, 0.5) is 5.82 Å². The van der Waals surface area contributed by atoms with Gasteiger partial charge in [-0.05, 0) is 44.0 Å². The fourth-order valence-corrected chi connectivity index (χ4v) is 3.16. The van der Waals surface area contributed by atoms with Crippen molar-refractivity contribution < 1.29 is 0 Å². The van der Waals surface area contributed by atoms with E-state index in [1.54, 1.807) is 0 Å². The molecule has 0 spiro atoms. The van der Waals surface area contributed by atoms with Crippen LogP contribution in [0, 0.1) is 0 Å². The first-order valence-electron chi connectivity index (χ1n) is 8.36. The van der Waals surface area contributed by atoms with Crippen LogP contribution in [-0.2, 0) is 0 Å². The van der Waals surface area contributed by atoms with Crippen LogP contribution in [0.3, 0.4) is 0 Å². The van der Waals surface area contributed by atoms with Gasteiger partial charge in [0.05, 0.1) is 16.6 Å². The predicted octanol–water partition coefficient (Wildman–Crippen LogP) is 1.47. The first kappa shape index (κ1) is 13.7. The van der Waals surface area contributed by atoms with E-state index in [1.807, 2.05) is 35.0 Å². The normalized spacial score (nSPS) is 18.1. The van der Waals surface area contributed by atoms with Gasteiger partial charge in [-0.15, -0.1) is 5.10 Å². The number of nitrogens with one attached hydrogen (secondary N) is 1. The summed E-state index contributed by atoms with van der Waals surface area (Å²) < 4.78 is 1.92. The molecule has 1 saturated carbocycles. The summed E-state index contributed by atoms with van der Waals surface area (Å²) in [5.74, 6) is 0.910. The predicted molar refractivity (Wildman–Crippen MR) is 92.1 cm³/mol. The second kappa shape index (κ2) is 4.87. The second-order valence-electron chi connectivity index (χ2n) is 6.82. The van der Waals surface area contributed by atoms with Crippen molar-refractivity contribution in [2.75, 3.05) is 11.9 Å². The van der Waals surface area contributed by atoms with Crippen LogP contribution >= 0.6 is 0 Å². The molecule has 6 heteroatoms. The number of anilines is 1. The Kier molecular flexibility index (Phi) is 2.77. The molecule has 2 aromatic heterocycles. The number of benzene rings is 1. The van der Waals surface area contributed by atoms with E-state index in [2.05, 4.69) is 33.6 Å². The molecule has 6 nitrogen and oxygen atoms in total. The Bertz CT molecular complexity index is 1060. The molecule has 3 aromatic rings. The lowest BCUT2D eigenvalue weighted by Gasteiger charge is -2.14. The molecule has 0 atom stereocenters. The highest BCUT2D eigenvalue weighted by Gasteiger charge is 2.37. The van der Waals surface area contributed by atoms with Gasteiger partial charge in [0.2, 0.25) is 0 Å². The number of para-hydroxylation sites is 1. The van der Waals surface area contributed by atoms with Gasteiger partial charge in [0.1, 0.15) is 16.7 Å². The minimum absolute atomic E-state index is 0.202. The minimum atomic E-state index is 0.202. The van der Waals surface area contributed by atoms with Gasteiger partial charge < -0.3 is 5.32 Å². The summed E-state index contributed by atoms with van der Waals surface area (Å²) in [7, 11) is 0. The van der Waals surface area contributed by atoms with E-state index >= 15 is 0 Å². The lowest BCUT2D eigenvalue weighted by atomic mass is 10.2. The Morgan fingerprint density at radius 2 is 2.00 bits per heavy atom. The summed E-state index contributed by atoms with van der Waals surface area (Å²) in [4.78, 5) is 9.47. The van der Waals surface area contributed by atoms with Crippen LogP contribution in [-0.4, -0.2) is 32.1 Å². The molecule has 3 heterocycles. The van der Waals surface area contributed by atoms with Crippen LogP contribution in [0.5, 0.6) is 0 Å². The Hall–Kier alpha value is -2.76. The summed E-state index contributed by atoms with van der Waals surface area (Å²) in [6.45, 7) is 2.98. The summed E-state index contributed by atoms with van der Waals surface area (Å²) in [5, 5.41) is 14.0. The Morgan fingerprint density at radius 1 is 1.12 bits per heavy atom. The van der Waals surface area contributed by atoms with Gasteiger partial charge in [0.25, 0.3) is 0 Å². The average molecular weight is 318 g/mol. The van der Waals surface area contributed by atoms with E-state index in [9.17, 15) is 0 Å². The van der Waals surface area contributed by atoms with Crippen LogP contribution in [0.25, 0.3) is 16.7 Å². The van der Waals surface area contributed by atoms with Crippen LogP contribution in [0.15, 0.2) is 41.4 Å². The van der Waals surface area contributed by atoms with Crippen molar-refractivity contribution in [1.29, 1.82) is 0 Å². The molecule has 0 bridgehead atoms. The Balaban J connectivity index is 1.73. The minimum Gasteiger partial charge on any atom is -0.365 e. The smallest absolute Gasteiger partial charge is 0.127 e. The van der Waals surface area contributed by atoms with E-state index in [0.29, 0.717) is 0 Å². The molecule has 1 aromatic carbocycles. The maximum Gasteiger partial charge on any atom is 0.127 e. The SMILES string of the molecule is CC1(Nc2ccc3c(n2)=C(n2nnc4ccccc42)CCN=3)CC1. The molecule has 1 N–H and O–H groups in total. The molecular formula is C18H18N6. The van der Waals surface area contributed by atoms with Gasteiger partial charge in [-0.25, -0.2) is 9.67 Å². The Morgan fingerprint density at radius 3 is 2.88 bits per heavy atom. The highest BCUT2D eigenvalue weighted by molar-refractivity contribution is 5.77. The summed E-state index contributed by atoms with van der Waals surface area (Å²) in [6, 6.07) is 12.1. The van der Waals surface area contributed by atoms with E-state index in [4.69, 9.17) is 4.98 Å². The fraction of sp³-hybridized carbons (Fsp3) is 0.333. The van der Waals surface area contributed by atoms with Crippen LogP contribution < -0.4 is 16.0 Å². The molecule has 2 aliphatic rings. The van der Waals surface area contributed by atoms with Gasteiger partial charge in [-0.1, -0.05) is 17.3 Å². The van der Waals surface area contributed by atoms with E-state index in [1.165, 1.54) is 12.8 Å². The third-order valence-corrected chi connectivity index (χ3v) is 4.82. The van der Waals surface area contributed by atoms with Gasteiger partial charge in [0, 0.05) is 18.5 Å².